The normalized spacial score (nSPS) is 11.8. The first-order valence-corrected chi connectivity index (χ1v) is 13.3. The lowest BCUT2D eigenvalue weighted by Gasteiger charge is -2.20. The van der Waals surface area contributed by atoms with Gasteiger partial charge in [0.05, 0.1) is 39.3 Å². The van der Waals surface area contributed by atoms with Crippen LogP contribution in [0.2, 0.25) is 0 Å². The van der Waals surface area contributed by atoms with Crippen molar-refractivity contribution >= 4 is 17.1 Å². The van der Waals surface area contributed by atoms with Gasteiger partial charge in [0.15, 0.2) is 0 Å². The first-order valence-electron chi connectivity index (χ1n) is 13.3. The van der Waals surface area contributed by atoms with Gasteiger partial charge in [-0.05, 0) is 59.2 Å². The molecule has 0 spiro atoms. The number of nitrogens with zero attached hydrogens (tertiary/aromatic N) is 2. The fourth-order valence-corrected chi connectivity index (χ4v) is 4.40. The molecule has 0 unspecified atom stereocenters. The SMILES string of the molecule is N#Cc1cc(NCc2ccc(C(F)(F)F)cc2)c(NCc2ccc(C(F)(F)F)cc2)c(C#N)c1NCc1ccc(C(F)(F)F)cc1. The molecule has 0 fully saturated rings. The highest BCUT2D eigenvalue weighted by atomic mass is 19.4. The lowest BCUT2D eigenvalue weighted by Crippen LogP contribution is -2.12. The molecule has 238 valence electrons. The van der Waals surface area contributed by atoms with Crippen molar-refractivity contribution in [3.63, 3.8) is 0 Å². The predicted octanol–water partition coefficient (Wildman–Crippen LogP) is 9.32. The van der Waals surface area contributed by atoms with E-state index in [-0.39, 0.29) is 47.8 Å². The number of nitriles is 2. The first-order chi connectivity index (χ1) is 21.6. The molecular formula is C32H22F9N5. The number of hydrogen-bond acceptors (Lipinski definition) is 5. The van der Waals surface area contributed by atoms with Gasteiger partial charge in [-0.15, -0.1) is 0 Å². The van der Waals surface area contributed by atoms with Crippen LogP contribution in [0.25, 0.3) is 0 Å². The van der Waals surface area contributed by atoms with Crippen molar-refractivity contribution < 1.29 is 39.5 Å². The maximum atomic E-state index is 13.0. The summed E-state index contributed by atoms with van der Waals surface area (Å²) in [5.74, 6) is 0. The van der Waals surface area contributed by atoms with E-state index in [4.69, 9.17) is 0 Å². The van der Waals surface area contributed by atoms with Crippen LogP contribution in [0.1, 0.15) is 44.5 Å². The minimum atomic E-state index is -4.55. The van der Waals surface area contributed by atoms with Crippen molar-refractivity contribution in [3.05, 3.63) is 123 Å². The highest BCUT2D eigenvalue weighted by molar-refractivity contribution is 5.86. The second kappa shape index (κ2) is 13.3. The van der Waals surface area contributed by atoms with Gasteiger partial charge in [-0.1, -0.05) is 36.4 Å². The molecule has 0 heterocycles. The topological polar surface area (TPSA) is 83.7 Å². The van der Waals surface area contributed by atoms with E-state index in [1.165, 1.54) is 42.5 Å². The highest BCUT2D eigenvalue weighted by Gasteiger charge is 2.31. The van der Waals surface area contributed by atoms with Gasteiger partial charge in [-0.2, -0.15) is 50.0 Å². The smallest absolute Gasteiger partial charge is 0.379 e. The Hall–Kier alpha value is -5.37. The van der Waals surface area contributed by atoms with Crippen molar-refractivity contribution in [2.24, 2.45) is 0 Å². The molecule has 0 saturated heterocycles. The van der Waals surface area contributed by atoms with Gasteiger partial charge >= 0.3 is 18.5 Å². The van der Waals surface area contributed by atoms with Crippen LogP contribution in [0.15, 0.2) is 78.9 Å². The van der Waals surface area contributed by atoms with Crippen LogP contribution in [0.4, 0.5) is 56.6 Å². The molecule has 5 nitrogen and oxygen atoms in total. The van der Waals surface area contributed by atoms with Crippen molar-refractivity contribution in [2.75, 3.05) is 16.0 Å². The third kappa shape index (κ3) is 8.21. The van der Waals surface area contributed by atoms with E-state index in [2.05, 4.69) is 16.0 Å². The Kier molecular flexibility index (Phi) is 9.71. The van der Waals surface area contributed by atoms with Crippen LogP contribution in [0.3, 0.4) is 0 Å². The molecule has 0 aliphatic heterocycles. The number of halogens is 9. The predicted molar refractivity (Wildman–Crippen MR) is 152 cm³/mol. The fraction of sp³-hybridized carbons (Fsp3) is 0.188. The van der Waals surface area contributed by atoms with Gasteiger partial charge in [0.1, 0.15) is 17.7 Å². The molecule has 0 atom stereocenters. The monoisotopic (exact) mass is 647 g/mol. The average molecular weight is 648 g/mol. The van der Waals surface area contributed by atoms with Gasteiger partial charge in [0.25, 0.3) is 0 Å². The summed E-state index contributed by atoms with van der Waals surface area (Å²) in [7, 11) is 0. The molecule has 0 amide bonds. The highest BCUT2D eigenvalue weighted by Crippen LogP contribution is 2.37. The third-order valence-electron chi connectivity index (χ3n) is 6.82. The van der Waals surface area contributed by atoms with Crippen molar-refractivity contribution in [2.45, 2.75) is 38.2 Å². The van der Waals surface area contributed by atoms with E-state index in [9.17, 15) is 50.0 Å². The number of rotatable bonds is 9. The summed E-state index contributed by atoms with van der Waals surface area (Å²) in [5, 5.41) is 29.0. The summed E-state index contributed by atoms with van der Waals surface area (Å²) in [6, 6.07) is 18.1. The summed E-state index contributed by atoms with van der Waals surface area (Å²) >= 11 is 0. The third-order valence-corrected chi connectivity index (χ3v) is 6.82. The Morgan fingerprint density at radius 1 is 0.478 bits per heavy atom. The zero-order valence-corrected chi connectivity index (χ0v) is 23.4. The molecule has 3 N–H and O–H groups in total. The Morgan fingerprint density at radius 3 is 1.15 bits per heavy atom. The minimum absolute atomic E-state index is 0.0266. The van der Waals surface area contributed by atoms with Crippen LogP contribution >= 0.6 is 0 Å². The van der Waals surface area contributed by atoms with E-state index in [0.29, 0.717) is 16.7 Å². The molecular weight excluding hydrogens is 625 g/mol. The molecule has 14 heteroatoms. The lowest BCUT2D eigenvalue weighted by molar-refractivity contribution is -0.138. The van der Waals surface area contributed by atoms with Crippen molar-refractivity contribution in [3.8, 4) is 12.1 Å². The lowest BCUT2D eigenvalue weighted by atomic mass is 10.0. The number of alkyl halides is 9. The van der Waals surface area contributed by atoms with Gasteiger partial charge in [-0.3, -0.25) is 0 Å². The molecule has 4 aromatic carbocycles. The van der Waals surface area contributed by atoms with Crippen LogP contribution in [0.5, 0.6) is 0 Å². The second-order valence-corrected chi connectivity index (χ2v) is 9.97. The summed E-state index contributed by atoms with van der Waals surface area (Å²) in [4.78, 5) is 0. The second-order valence-electron chi connectivity index (χ2n) is 9.97. The first kappa shape index (κ1) is 33.5. The quantitative estimate of drug-likeness (QED) is 0.158. The van der Waals surface area contributed by atoms with Crippen LogP contribution in [0, 0.1) is 22.7 Å². The number of hydrogen-bond donors (Lipinski definition) is 3. The van der Waals surface area contributed by atoms with Crippen molar-refractivity contribution in [1.82, 2.24) is 0 Å². The van der Waals surface area contributed by atoms with Crippen LogP contribution < -0.4 is 16.0 Å². The summed E-state index contributed by atoms with van der Waals surface area (Å²) in [5.41, 5.74) is -1.07. The van der Waals surface area contributed by atoms with Gasteiger partial charge < -0.3 is 16.0 Å². The zero-order chi connectivity index (χ0) is 33.7. The summed E-state index contributed by atoms with van der Waals surface area (Å²) < 4.78 is 117. The molecule has 0 aliphatic rings. The number of nitrogens with one attached hydrogen (secondary N) is 3. The summed E-state index contributed by atoms with van der Waals surface area (Å²) in [6.07, 6.45) is -13.6. The molecule has 0 saturated carbocycles. The fourth-order valence-electron chi connectivity index (χ4n) is 4.40. The maximum absolute atomic E-state index is 13.0. The molecule has 0 bridgehead atoms. The average Bonchev–Trinajstić information content (AvgIpc) is 3.00. The van der Waals surface area contributed by atoms with E-state index in [1.807, 2.05) is 12.1 Å². The van der Waals surface area contributed by atoms with E-state index in [1.54, 1.807) is 0 Å². The van der Waals surface area contributed by atoms with Gasteiger partial charge in [0.2, 0.25) is 0 Å². The Labute approximate surface area is 256 Å². The molecule has 4 aromatic rings. The largest absolute Gasteiger partial charge is 0.416 e. The maximum Gasteiger partial charge on any atom is 0.416 e. The molecule has 0 aliphatic carbocycles. The molecule has 0 aromatic heterocycles. The standard InChI is InChI=1S/C32H22F9N5/c33-30(34,35)23-7-1-19(2-8-23)16-44-27-13-22(14-42)28(45-17-20-3-9-24(10-4-20)31(36,37)38)26(15-43)29(27)46-18-21-5-11-25(12-6-21)32(39,40)41/h1-13,44-46H,16-18H2. The van der Waals surface area contributed by atoms with Crippen molar-refractivity contribution in [1.29, 1.82) is 10.5 Å². The Morgan fingerprint density at radius 2 is 0.826 bits per heavy atom. The minimum Gasteiger partial charge on any atom is -0.379 e. The van der Waals surface area contributed by atoms with E-state index >= 15 is 0 Å². The van der Waals surface area contributed by atoms with Gasteiger partial charge in [-0.25, -0.2) is 0 Å². The number of benzene rings is 4. The Bertz CT molecular complexity index is 1740. The molecule has 4 rings (SSSR count). The van der Waals surface area contributed by atoms with Crippen LogP contribution in [-0.4, -0.2) is 0 Å². The zero-order valence-electron chi connectivity index (χ0n) is 23.4. The molecule has 0 radical (unpaired) electrons. The van der Waals surface area contributed by atoms with E-state index in [0.717, 1.165) is 36.4 Å². The van der Waals surface area contributed by atoms with E-state index < -0.39 is 35.2 Å². The Balaban J connectivity index is 1.66. The van der Waals surface area contributed by atoms with Gasteiger partial charge in [0, 0.05) is 19.6 Å². The van der Waals surface area contributed by atoms with Crippen LogP contribution in [-0.2, 0) is 38.2 Å². The summed E-state index contributed by atoms with van der Waals surface area (Å²) in [6.45, 7) is -0.161. The molecule has 46 heavy (non-hydrogen) atoms. The number of anilines is 3.